The normalized spacial score (nSPS) is 30.6. The van der Waals surface area contributed by atoms with Crippen molar-refractivity contribution in [3.63, 3.8) is 0 Å². The standard InChI is InChI=1S/C7H14OS.C7H12OS.C6H9BrO/c2*1-9-5-6-2-3-7(8)4-6;7-4-5-1-2-6(8)3-5/h6-8H,2-5H2,1H3;6H,2-5H2,1H3;5H,1-4H2/t6-,7?;6-;5-/m111/s1. The fraction of sp³-hybridized carbons (Fsp3) is 0.900. The van der Waals surface area contributed by atoms with Crippen LogP contribution in [0.5, 0.6) is 0 Å². The van der Waals surface area contributed by atoms with E-state index in [0.29, 0.717) is 23.4 Å². The molecule has 0 aromatic rings. The van der Waals surface area contributed by atoms with Crippen molar-refractivity contribution >= 4 is 51.0 Å². The van der Waals surface area contributed by atoms with Gasteiger partial charge >= 0.3 is 0 Å². The molecule has 0 amide bonds. The van der Waals surface area contributed by atoms with E-state index in [1.54, 1.807) is 0 Å². The number of aliphatic hydroxyl groups excluding tert-OH is 1. The third kappa shape index (κ3) is 10.7. The van der Waals surface area contributed by atoms with E-state index >= 15 is 0 Å². The highest BCUT2D eigenvalue weighted by Crippen LogP contribution is 2.27. The van der Waals surface area contributed by atoms with Crippen molar-refractivity contribution in [3.8, 4) is 0 Å². The maximum absolute atomic E-state index is 10.7. The van der Waals surface area contributed by atoms with E-state index < -0.39 is 0 Å². The summed E-state index contributed by atoms with van der Waals surface area (Å²) < 4.78 is 0. The van der Waals surface area contributed by atoms with Crippen LogP contribution in [0.25, 0.3) is 0 Å². The Labute approximate surface area is 176 Å². The lowest BCUT2D eigenvalue weighted by molar-refractivity contribution is -0.118. The second kappa shape index (κ2) is 14.5. The van der Waals surface area contributed by atoms with Crippen LogP contribution in [0.2, 0.25) is 0 Å². The van der Waals surface area contributed by atoms with Crippen LogP contribution in [0.15, 0.2) is 0 Å². The predicted octanol–water partition coefficient (Wildman–Crippen LogP) is 4.98. The van der Waals surface area contributed by atoms with Gasteiger partial charge in [-0.2, -0.15) is 23.5 Å². The summed E-state index contributed by atoms with van der Waals surface area (Å²) in [5.74, 6) is 5.46. The average Bonchev–Trinajstić information content (AvgIpc) is 3.32. The van der Waals surface area contributed by atoms with Crippen LogP contribution in [0.1, 0.15) is 57.8 Å². The van der Waals surface area contributed by atoms with Gasteiger partial charge in [0, 0.05) is 31.0 Å². The highest BCUT2D eigenvalue weighted by Gasteiger charge is 2.22. The van der Waals surface area contributed by atoms with Crippen LogP contribution in [0.4, 0.5) is 0 Å². The number of rotatable bonds is 5. The first-order valence-electron chi connectivity index (χ1n) is 9.73. The van der Waals surface area contributed by atoms with Crippen molar-refractivity contribution in [1.82, 2.24) is 0 Å². The second-order valence-corrected chi connectivity index (χ2v) is 10.2. The molecule has 0 aliphatic heterocycles. The van der Waals surface area contributed by atoms with Gasteiger partial charge < -0.3 is 5.11 Å². The van der Waals surface area contributed by atoms with Crippen LogP contribution in [0.3, 0.4) is 0 Å². The van der Waals surface area contributed by atoms with Gasteiger partial charge in [0.1, 0.15) is 11.6 Å². The molecule has 6 heteroatoms. The molecule has 0 aromatic carbocycles. The molecular formula is C20H35BrO3S2. The zero-order valence-corrected chi connectivity index (χ0v) is 19.5. The van der Waals surface area contributed by atoms with Crippen LogP contribution >= 0.6 is 39.5 Å². The van der Waals surface area contributed by atoms with Gasteiger partial charge in [-0.25, -0.2) is 0 Å². The Morgan fingerprint density at radius 1 is 0.885 bits per heavy atom. The molecule has 3 aliphatic rings. The molecule has 0 aromatic heterocycles. The van der Waals surface area contributed by atoms with Crippen molar-refractivity contribution in [2.24, 2.45) is 17.8 Å². The van der Waals surface area contributed by atoms with E-state index in [-0.39, 0.29) is 6.10 Å². The van der Waals surface area contributed by atoms with E-state index in [0.717, 1.165) is 62.6 Å². The van der Waals surface area contributed by atoms with Gasteiger partial charge in [-0.15, -0.1) is 0 Å². The first-order valence-corrected chi connectivity index (χ1v) is 13.6. The van der Waals surface area contributed by atoms with Gasteiger partial charge in [-0.05, 0) is 73.9 Å². The smallest absolute Gasteiger partial charge is 0.133 e. The molecule has 3 aliphatic carbocycles. The van der Waals surface area contributed by atoms with Crippen molar-refractivity contribution in [2.45, 2.75) is 63.9 Å². The van der Waals surface area contributed by atoms with Crippen molar-refractivity contribution in [3.05, 3.63) is 0 Å². The molecule has 3 fully saturated rings. The molecule has 4 atom stereocenters. The molecule has 152 valence electrons. The third-order valence-electron chi connectivity index (χ3n) is 5.23. The number of aliphatic hydroxyl groups is 1. The van der Waals surface area contributed by atoms with Crippen molar-refractivity contribution in [2.75, 3.05) is 29.3 Å². The second-order valence-electron chi connectivity index (χ2n) is 7.69. The number of hydrogen-bond acceptors (Lipinski definition) is 5. The van der Waals surface area contributed by atoms with Crippen molar-refractivity contribution < 1.29 is 14.7 Å². The fourth-order valence-corrected chi connectivity index (χ4v) is 5.81. The lowest BCUT2D eigenvalue weighted by Crippen LogP contribution is -2.01. The molecule has 3 rings (SSSR count). The van der Waals surface area contributed by atoms with E-state index in [1.807, 2.05) is 23.5 Å². The maximum Gasteiger partial charge on any atom is 0.133 e. The summed E-state index contributed by atoms with van der Waals surface area (Å²) in [4.78, 5) is 21.3. The lowest BCUT2D eigenvalue weighted by Gasteiger charge is -2.04. The minimum Gasteiger partial charge on any atom is -0.393 e. The quantitative estimate of drug-likeness (QED) is 0.578. The molecule has 0 spiro atoms. The maximum atomic E-state index is 10.7. The van der Waals surface area contributed by atoms with E-state index in [1.165, 1.54) is 17.9 Å². The fourth-order valence-electron chi connectivity index (χ4n) is 3.73. The summed E-state index contributed by atoms with van der Waals surface area (Å²) >= 11 is 7.09. The number of hydrogen-bond donors (Lipinski definition) is 1. The van der Waals surface area contributed by atoms with Gasteiger partial charge in [-0.1, -0.05) is 15.9 Å². The first kappa shape index (κ1) is 24.5. The molecule has 0 heterocycles. The zero-order valence-electron chi connectivity index (χ0n) is 16.3. The van der Waals surface area contributed by atoms with Gasteiger partial charge in [-0.3, -0.25) is 9.59 Å². The molecule has 3 saturated carbocycles. The van der Waals surface area contributed by atoms with E-state index in [4.69, 9.17) is 5.11 Å². The van der Waals surface area contributed by atoms with Gasteiger partial charge in [0.15, 0.2) is 0 Å². The van der Waals surface area contributed by atoms with Gasteiger partial charge in [0.05, 0.1) is 6.10 Å². The van der Waals surface area contributed by atoms with E-state index in [2.05, 4.69) is 28.4 Å². The van der Waals surface area contributed by atoms with Crippen molar-refractivity contribution in [1.29, 1.82) is 0 Å². The molecule has 0 saturated heterocycles. The average molecular weight is 468 g/mol. The summed E-state index contributed by atoms with van der Waals surface area (Å²) in [7, 11) is 0. The number of ketones is 2. The number of carbonyl (C=O) groups is 2. The largest absolute Gasteiger partial charge is 0.393 e. The highest BCUT2D eigenvalue weighted by atomic mass is 79.9. The number of halogens is 1. The first-order chi connectivity index (χ1) is 12.5. The molecule has 1 N–H and O–H groups in total. The summed E-state index contributed by atoms with van der Waals surface area (Å²) in [5, 5.41) is 10.1. The summed E-state index contributed by atoms with van der Waals surface area (Å²) in [6, 6.07) is 0. The topological polar surface area (TPSA) is 54.4 Å². The monoisotopic (exact) mass is 466 g/mol. The Kier molecular flexibility index (Phi) is 13.6. The van der Waals surface area contributed by atoms with Crippen LogP contribution in [-0.2, 0) is 9.59 Å². The van der Waals surface area contributed by atoms with Gasteiger partial charge in [0.25, 0.3) is 0 Å². The number of thioether (sulfide) groups is 2. The molecule has 1 unspecified atom stereocenters. The summed E-state index contributed by atoms with van der Waals surface area (Å²) in [5.41, 5.74) is 0. The molecule has 26 heavy (non-hydrogen) atoms. The summed E-state index contributed by atoms with van der Waals surface area (Å²) in [6.07, 6.45) is 13.1. The number of alkyl halides is 1. The van der Waals surface area contributed by atoms with E-state index in [9.17, 15) is 9.59 Å². The van der Waals surface area contributed by atoms with Gasteiger partial charge in [0.2, 0.25) is 0 Å². The summed E-state index contributed by atoms with van der Waals surface area (Å²) in [6.45, 7) is 0. The molecule has 0 radical (unpaired) electrons. The zero-order chi connectivity index (χ0) is 19.4. The Morgan fingerprint density at radius 3 is 1.77 bits per heavy atom. The highest BCUT2D eigenvalue weighted by molar-refractivity contribution is 9.09. The number of carbonyl (C=O) groups excluding carboxylic acids is 2. The molecular weight excluding hydrogens is 432 g/mol. The predicted molar refractivity (Wildman–Crippen MR) is 119 cm³/mol. The Morgan fingerprint density at radius 2 is 1.42 bits per heavy atom. The minimum absolute atomic E-state index is 0.0159. The third-order valence-corrected chi connectivity index (χ3v) is 7.76. The van der Waals surface area contributed by atoms with Crippen LogP contribution < -0.4 is 0 Å². The SMILES string of the molecule is CSC[C@@H]1CCC(=O)C1.CSC[C@@H]1CCC(O)C1.O=C1CC[C@@H](CBr)C1. The Balaban J connectivity index is 0.000000195. The molecule has 0 bridgehead atoms. The Hall–Kier alpha value is 0.480. The Bertz CT molecular complexity index is 418. The molecule has 3 nitrogen and oxygen atoms in total. The number of Topliss-reactive ketones (excluding diaryl/α,β-unsaturated/α-hetero) is 2. The van der Waals surface area contributed by atoms with Crippen LogP contribution in [-0.4, -0.2) is 52.1 Å². The lowest BCUT2D eigenvalue weighted by atomic mass is 10.1. The van der Waals surface area contributed by atoms with Crippen LogP contribution in [0, 0.1) is 17.8 Å². The minimum atomic E-state index is 0.0159.